The second-order valence-corrected chi connectivity index (χ2v) is 6.87. The summed E-state index contributed by atoms with van der Waals surface area (Å²) in [6, 6.07) is 6.78. The van der Waals surface area contributed by atoms with Crippen LogP contribution < -0.4 is 4.90 Å². The molecule has 138 valence electrons. The molecule has 0 aromatic heterocycles. The summed E-state index contributed by atoms with van der Waals surface area (Å²) in [5, 5.41) is 8.53. The number of ketones is 1. The smallest absolute Gasteiger partial charge is 0.338 e. The Bertz CT molecular complexity index is 862. The number of benzene rings is 2. The first-order valence-electron chi connectivity index (χ1n) is 7.73. The lowest BCUT2D eigenvalue weighted by molar-refractivity contribution is 0.0693. The highest BCUT2D eigenvalue weighted by atomic mass is 35.5. The first-order valence-corrected chi connectivity index (χ1v) is 9.24. The van der Waals surface area contributed by atoms with E-state index in [0.29, 0.717) is 0 Å². The number of aromatic carboxylic acids is 1. The molecule has 0 heterocycles. The molecule has 2 aromatic rings. The predicted octanol–water partition coefficient (Wildman–Crippen LogP) is 6.08. The number of hydrogen-bond acceptors (Lipinski definition) is 3. The zero-order valence-electron chi connectivity index (χ0n) is 13.9. The van der Waals surface area contributed by atoms with Crippen LogP contribution in [0.25, 0.3) is 0 Å². The molecule has 0 fully saturated rings. The Morgan fingerprint density at radius 2 is 1.31 bits per heavy atom. The van der Waals surface area contributed by atoms with Crippen molar-refractivity contribution in [2.45, 2.75) is 13.8 Å². The molecular formula is C18H15Cl4NO3. The standard InChI is InChI=1S/C18H15Cl4NO3/c1-3-23(4-2)10-7-5-9(6-8-10)17(24)11-12(18(25)26)14(20)16(22)15(21)13(11)19/h5-8H,3-4H2,1-2H3,(H,25,26). The summed E-state index contributed by atoms with van der Waals surface area (Å²) in [5.41, 5.74) is 0.459. The topological polar surface area (TPSA) is 57.6 Å². The van der Waals surface area contributed by atoms with Gasteiger partial charge in [-0.15, -0.1) is 0 Å². The first-order chi connectivity index (χ1) is 12.2. The molecule has 0 spiro atoms. The molecule has 4 nitrogen and oxygen atoms in total. The Balaban J connectivity index is 2.58. The minimum Gasteiger partial charge on any atom is -0.478 e. The van der Waals surface area contributed by atoms with E-state index in [1.165, 1.54) is 0 Å². The van der Waals surface area contributed by atoms with Gasteiger partial charge in [0.05, 0.1) is 31.2 Å². The molecule has 2 aromatic carbocycles. The third-order valence-corrected chi connectivity index (χ3v) is 5.77. The Labute approximate surface area is 171 Å². The molecule has 0 bridgehead atoms. The molecule has 0 radical (unpaired) electrons. The van der Waals surface area contributed by atoms with Crippen molar-refractivity contribution >= 4 is 63.8 Å². The molecule has 0 saturated carbocycles. The van der Waals surface area contributed by atoms with Crippen LogP contribution in [0, 0.1) is 0 Å². The lowest BCUT2D eigenvalue weighted by Crippen LogP contribution is -2.21. The minimum atomic E-state index is -1.42. The molecule has 0 unspecified atom stereocenters. The third kappa shape index (κ3) is 3.79. The summed E-state index contributed by atoms with van der Waals surface area (Å²) < 4.78 is 0. The quantitative estimate of drug-likeness (QED) is 0.340. The van der Waals surface area contributed by atoms with Gasteiger partial charge in [0.25, 0.3) is 0 Å². The van der Waals surface area contributed by atoms with Crippen LogP contribution in [0.5, 0.6) is 0 Å². The van der Waals surface area contributed by atoms with E-state index in [4.69, 9.17) is 46.4 Å². The van der Waals surface area contributed by atoms with Gasteiger partial charge in [-0.05, 0) is 38.1 Å². The normalized spacial score (nSPS) is 10.7. The van der Waals surface area contributed by atoms with Crippen LogP contribution in [0.2, 0.25) is 20.1 Å². The van der Waals surface area contributed by atoms with Crippen molar-refractivity contribution < 1.29 is 14.7 Å². The van der Waals surface area contributed by atoms with Crippen LogP contribution in [-0.4, -0.2) is 29.9 Å². The average Bonchev–Trinajstić information content (AvgIpc) is 2.63. The average molecular weight is 435 g/mol. The molecule has 26 heavy (non-hydrogen) atoms. The number of carbonyl (C=O) groups is 2. The van der Waals surface area contributed by atoms with Crippen molar-refractivity contribution in [3.05, 3.63) is 61.0 Å². The molecule has 1 N–H and O–H groups in total. The number of rotatable bonds is 6. The van der Waals surface area contributed by atoms with Crippen LogP contribution in [0.3, 0.4) is 0 Å². The third-order valence-electron chi connectivity index (χ3n) is 3.97. The number of carbonyl (C=O) groups excluding carboxylic acids is 1. The van der Waals surface area contributed by atoms with Crippen molar-refractivity contribution in [1.82, 2.24) is 0 Å². The van der Waals surface area contributed by atoms with Crippen molar-refractivity contribution in [1.29, 1.82) is 0 Å². The fourth-order valence-corrected chi connectivity index (χ4v) is 3.62. The van der Waals surface area contributed by atoms with Gasteiger partial charge in [-0.3, -0.25) is 4.79 Å². The van der Waals surface area contributed by atoms with Gasteiger partial charge in [-0.2, -0.15) is 0 Å². The van der Waals surface area contributed by atoms with E-state index in [2.05, 4.69) is 4.90 Å². The fraction of sp³-hybridized carbons (Fsp3) is 0.222. The SMILES string of the molecule is CCN(CC)c1ccc(C(=O)c2c(Cl)c(Cl)c(Cl)c(Cl)c2C(=O)O)cc1. The largest absolute Gasteiger partial charge is 0.478 e. The van der Waals surface area contributed by atoms with Crippen LogP contribution in [-0.2, 0) is 0 Å². The maximum Gasteiger partial charge on any atom is 0.338 e. The first kappa shape index (κ1) is 20.8. The summed E-state index contributed by atoms with van der Waals surface area (Å²) >= 11 is 24.0. The van der Waals surface area contributed by atoms with E-state index in [-0.39, 0.29) is 31.2 Å². The summed E-state index contributed by atoms with van der Waals surface area (Å²) in [5.74, 6) is -2.02. The zero-order valence-corrected chi connectivity index (χ0v) is 17.0. The van der Waals surface area contributed by atoms with E-state index in [1.807, 2.05) is 13.8 Å². The molecular weight excluding hydrogens is 420 g/mol. The predicted molar refractivity (Wildman–Crippen MR) is 107 cm³/mol. The zero-order chi connectivity index (χ0) is 19.6. The van der Waals surface area contributed by atoms with E-state index >= 15 is 0 Å². The highest BCUT2D eigenvalue weighted by Crippen LogP contribution is 2.42. The van der Waals surface area contributed by atoms with Crippen LogP contribution >= 0.6 is 46.4 Å². The minimum absolute atomic E-state index is 0.161. The molecule has 0 aliphatic rings. The van der Waals surface area contributed by atoms with Gasteiger partial charge in [0.1, 0.15) is 0 Å². The Morgan fingerprint density at radius 3 is 1.73 bits per heavy atom. The summed E-state index contributed by atoms with van der Waals surface area (Å²) in [4.78, 5) is 26.6. The number of carboxylic acids is 1. The second kappa shape index (κ2) is 8.49. The van der Waals surface area contributed by atoms with Gasteiger partial charge in [0, 0.05) is 24.3 Å². The van der Waals surface area contributed by atoms with Crippen LogP contribution in [0.1, 0.15) is 40.1 Å². The van der Waals surface area contributed by atoms with Gasteiger partial charge in [0.15, 0.2) is 5.78 Å². The maximum absolute atomic E-state index is 12.9. The van der Waals surface area contributed by atoms with Gasteiger partial charge in [0.2, 0.25) is 0 Å². The lowest BCUT2D eigenvalue weighted by atomic mass is 9.97. The number of anilines is 1. The molecule has 0 aliphatic carbocycles. The summed E-state index contributed by atoms with van der Waals surface area (Å²) in [6.07, 6.45) is 0. The van der Waals surface area contributed by atoms with Gasteiger partial charge >= 0.3 is 5.97 Å². The molecule has 0 atom stereocenters. The summed E-state index contributed by atoms with van der Waals surface area (Å²) in [6.45, 7) is 5.70. The monoisotopic (exact) mass is 433 g/mol. The number of nitrogens with zero attached hydrogens (tertiary/aromatic N) is 1. The highest BCUT2D eigenvalue weighted by Gasteiger charge is 2.29. The van der Waals surface area contributed by atoms with Gasteiger partial charge in [-0.1, -0.05) is 46.4 Å². The van der Waals surface area contributed by atoms with Crippen molar-refractivity contribution in [3.63, 3.8) is 0 Å². The van der Waals surface area contributed by atoms with E-state index in [1.54, 1.807) is 24.3 Å². The highest BCUT2D eigenvalue weighted by molar-refractivity contribution is 6.54. The van der Waals surface area contributed by atoms with Crippen molar-refractivity contribution in [2.24, 2.45) is 0 Å². The van der Waals surface area contributed by atoms with E-state index in [0.717, 1.165) is 18.8 Å². The molecule has 0 saturated heterocycles. The summed E-state index contributed by atoms with van der Waals surface area (Å²) in [7, 11) is 0. The Hall–Kier alpha value is -1.46. The molecule has 8 heteroatoms. The van der Waals surface area contributed by atoms with Crippen LogP contribution in [0.4, 0.5) is 5.69 Å². The van der Waals surface area contributed by atoms with Gasteiger partial charge in [-0.25, -0.2) is 4.79 Å². The molecule has 0 aliphatic heterocycles. The molecule has 2 rings (SSSR count). The Kier molecular flexibility index (Phi) is 6.80. The maximum atomic E-state index is 12.9. The molecule has 0 amide bonds. The number of hydrogen-bond donors (Lipinski definition) is 1. The second-order valence-electron chi connectivity index (χ2n) is 5.36. The Morgan fingerprint density at radius 1 is 0.846 bits per heavy atom. The number of carboxylic acid groups (broad SMARTS) is 1. The van der Waals surface area contributed by atoms with Crippen LogP contribution in [0.15, 0.2) is 24.3 Å². The fourth-order valence-electron chi connectivity index (χ4n) is 2.60. The number of halogens is 4. The van der Waals surface area contributed by atoms with E-state index in [9.17, 15) is 14.7 Å². The van der Waals surface area contributed by atoms with Gasteiger partial charge < -0.3 is 10.0 Å². The van der Waals surface area contributed by atoms with Crippen molar-refractivity contribution in [2.75, 3.05) is 18.0 Å². The lowest BCUT2D eigenvalue weighted by Gasteiger charge is -2.21. The van der Waals surface area contributed by atoms with Crippen molar-refractivity contribution in [3.8, 4) is 0 Å². The van der Waals surface area contributed by atoms with E-state index < -0.39 is 17.3 Å².